The first-order valence-electron chi connectivity index (χ1n) is 7.93. The second-order valence-corrected chi connectivity index (χ2v) is 8.47. The Bertz CT molecular complexity index is 879. The van der Waals surface area contributed by atoms with Gasteiger partial charge in [0.15, 0.2) is 0 Å². The van der Waals surface area contributed by atoms with Crippen LogP contribution in [0.3, 0.4) is 0 Å². The molecule has 1 N–H and O–H groups in total. The average molecular weight is 399 g/mol. The van der Waals surface area contributed by atoms with Gasteiger partial charge < -0.3 is 5.32 Å². The van der Waals surface area contributed by atoms with E-state index in [0.717, 1.165) is 0 Å². The number of benzene rings is 2. The molecule has 0 heterocycles. The van der Waals surface area contributed by atoms with Crippen LogP contribution in [0.1, 0.15) is 19.4 Å². The van der Waals surface area contributed by atoms with Crippen molar-refractivity contribution in [3.05, 3.63) is 58.9 Å². The molecular formula is C18H20ClFN2O3S. The second-order valence-electron chi connectivity index (χ2n) is 6.06. The van der Waals surface area contributed by atoms with Gasteiger partial charge in [0.2, 0.25) is 15.9 Å². The summed E-state index contributed by atoms with van der Waals surface area (Å²) >= 11 is 5.91. The lowest BCUT2D eigenvalue weighted by atomic mass is 10.1. The standard InChI is InChI=1S/C18H20ClFN2O3S/c1-12(2)22(3)26(24,25)14-9-7-13(8-10-14)21-18(23)11-15-16(19)5-4-6-17(15)20/h4-10,12H,11H2,1-3H3,(H,21,23). The number of sulfonamides is 1. The van der Waals surface area contributed by atoms with Crippen molar-refractivity contribution in [1.29, 1.82) is 0 Å². The molecule has 8 heteroatoms. The number of nitrogens with zero attached hydrogens (tertiary/aromatic N) is 1. The number of carbonyl (C=O) groups excluding carboxylic acids is 1. The normalized spacial score (nSPS) is 11.8. The lowest BCUT2D eigenvalue weighted by Crippen LogP contribution is -2.33. The van der Waals surface area contributed by atoms with Gasteiger partial charge in [-0.3, -0.25) is 4.79 Å². The highest BCUT2D eigenvalue weighted by atomic mass is 35.5. The maximum Gasteiger partial charge on any atom is 0.243 e. The predicted octanol–water partition coefficient (Wildman–Crippen LogP) is 3.69. The van der Waals surface area contributed by atoms with Crippen molar-refractivity contribution in [2.75, 3.05) is 12.4 Å². The minimum Gasteiger partial charge on any atom is -0.326 e. The molecule has 0 atom stereocenters. The van der Waals surface area contributed by atoms with Crippen LogP contribution in [-0.2, 0) is 21.2 Å². The third-order valence-corrected chi connectivity index (χ3v) is 6.34. The van der Waals surface area contributed by atoms with E-state index in [1.165, 1.54) is 53.8 Å². The molecule has 5 nitrogen and oxygen atoms in total. The first kappa shape index (κ1) is 20.4. The number of hydrogen-bond donors (Lipinski definition) is 1. The highest BCUT2D eigenvalue weighted by Crippen LogP contribution is 2.21. The number of rotatable bonds is 6. The smallest absolute Gasteiger partial charge is 0.243 e. The van der Waals surface area contributed by atoms with E-state index in [2.05, 4.69) is 5.32 Å². The van der Waals surface area contributed by atoms with Gasteiger partial charge >= 0.3 is 0 Å². The van der Waals surface area contributed by atoms with E-state index in [4.69, 9.17) is 11.6 Å². The Labute approximate surface area is 157 Å². The monoisotopic (exact) mass is 398 g/mol. The molecule has 2 aromatic rings. The molecule has 140 valence electrons. The van der Waals surface area contributed by atoms with Crippen molar-refractivity contribution in [3.63, 3.8) is 0 Å². The largest absolute Gasteiger partial charge is 0.326 e. The fourth-order valence-corrected chi connectivity index (χ4v) is 3.82. The highest BCUT2D eigenvalue weighted by Gasteiger charge is 2.22. The number of halogens is 2. The molecule has 0 radical (unpaired) electrons. The fourth-order valence-electron chi connectivity index (χ4n) is 2.22. The Kier molecular flexibility index (Phi) is 6.39. The number of hydrogen-bond acceptors (Lipinski definition) is 3. The van der Waals surface area contributed by atoms with E-state index >= 15 is 0 Å². The maximum absolute atomic E-state index is 13.7. The van der Waals surface area contributed by atoms with Gasteiger partial charge in [-0.25, -0.2) is 12.8 Å². The quantitative estimate of drug-likeness (QED) is 0.806. The van der Waals surface area contributed by atoms with Crippen LogP contribution in [0.4, 0.5) is 10.1 Å². The molecule has 1 amide bonds. The van der Waals surface area contributed by atoms with Crippen LogP contribution in [0.2, 0.25) is 5.02 Å². The summed E-state index contributed by atoms with van der Waals surface area (Å²) < 4.78 is 39.8. The van der Waals surface area contributed by atoms with E-state index in [1.54, 1.807) is 13.8 Å². The maximum atomic E-state index is 13.7. The molecule has 0 aromatic heterocycles. The Hall–Kier alpha value is -1.96. The number of anilines is 1. The lowest BCUT2D eigenvalue weighted by molar-refractivity contribution is -0.115. The summed E-state index contributed by atoms with van der Waals surface area (Å²) in [5.41, 5.74) is 0.526. The van der Waals surface area contributed by atoms with Gasteiger partial charge in [0.25, 0.3) is 0 Å². The van der Waals surface area contributed by atoms with Crippen LogP contribution in [0, 0.1) is 5.82 Å². The zero-order valence-corrected chi connectivity index (χ0v) is 16.2. The average Bonchev–Trinajstić information content (AvgIpc) is 2.58. The third kappa shape index (κ3) is 4.60. The van der Waals surface area contributed by atoms with Gasteiger partial charge in [0, 0.05) is 29.4 Å². The molecule has 26 heavy (non-hydrogen) atoms. The van der Waals surface area contributed by atoms with E-state index in [0.29, 0.717) is 5.69 Å². The molecule has 0 saturated carbocycles. The zero-order chi connectivity index (χ0) is 19.5. The summed E-state index contributed by atoms with van der Waals surface area (Å²) in [6.07, 6.45) is -0.221. The van der Waals surface area contributed by atoms with Crippen LogP contribution < -0.4 is 5.32 Å². The molecule has 0 fully saturated rings. The molecule has 0 spiro atoms. The first-order valence-corrected chi connectivity index (χ1v) is 9.75. The SMILES string of the molecule is CC(C)N(C)S(=O)(=O)c1ccc(NC(=O)Cc2c(F)cccc2Cl)cc1. The van der Waals surface area contributed by atoms with E-state index in [-0.39, 0.29) is 27.9 Å². The molecular weight excluding hydrogens is 379 g/mol. The number of carbonyl (C=O) groups is 1. The summed E-state index contributed by atoms with van der Waals surface area (Å²) in [4.78, 5) is 12.2. The second kappa shape index (κ2) is 8.16. The van der Waals surface area contributed by atoms with Gasteiger partial charge in [-0.1, -0.05) is 17.7 Å². The molecule has 0 aliphatic heterocycles. The summed E-state index contributed by atoms with van der Waals surface area (Å²) in [6.45, 7) is 3.56. The number of amides is 1. The molecule has 2 aromatic carbocycles. The van der Waals surface area contributed by atoms with Gasteiger partial charge in [-0.15, -0.1) is 0 Å². The van der Waals surface area contributed by atoms with Gasteiger partial charge in [-0.2, -0.15) is 4.31 Å². The van der Waals surface area contributed by atoms with E-state index in [9.17, 15) is 17.6 Å². The Morgan fingerprint density at radius 1 is 1.19 bits per heavy atom. The summed E-state index contributed by atoms with van der Waals surface area (Å²) in [5, 5.41) is 2.78. The molecule has 0 unspecified atom stereocenters. The predicted molar refractivity (Wildman–Crippen MR) is 100 cm³/mol. The van der Waals surface area contributed by atoms with Gasteiger partial charge in [0.05, 0.1) is 11.3 Å². The minimum atomic E-state index is -3.59. The zero-order valence-electron chi connectivity index (χ0n) is 14.7. The molecule has 0 aliphatic carbocycles. The van der Waals surface area contributed by atoms with Crippen molar-refractivity contribution in [3.8, 4) is 0 Å². The summed E-state index contributed by atoms with van der Waals surface area (Å²) in [7, 11) is -2.08. The number of nitrogens with one attached hydrogen (secondary N) is 1. The third-order valence-electron chi connectivity index (χ3n) is 3.94. The first-order chi connectivity index (χ1) is 12.1. The molecule has 0 aliphatic rings. The van der Waals surface area contributed by atoms with Crippen molar-refractivity contribution in [2.24, 2.45) is 0 Å². The van der Waals surface area contributed by atoms with Crippen LogP contribution in [0.5, 0.6) is 0 Å². The Morgan fingerprint density at radius 2 is 1.81 bits per heavy atom. The van der Waals surface area contributed by atoms with Crippen molar-refractivity contribution in [1.82, 2.24) is 4.31 Å². The van der Waals surface area contributed by atoms with Crippen molar-refractivity contribution in [2.45, 2.75) is 31.2 Å². The highest BCUT2D eigenvalue weighted by molar-refractivity contribution is 7.89. The lowest BCUT2D eigenvalue weighted by Gasteiger charge is -2.21. The van der Waals surface area contributed by atoms with Crippen molar-refractivity contribution >= 4 is 33.2 Å². The summed E-state index contributed by atoms with van der Waals surface area (Å²) in [6, 6.07) is 9.85. The minimum absolute atomic E-state index is 0.115. The summed E-state index contributed by atoms with van der Waals surface area (Å²) in [5.74, 6) is -1.00. The molecule has 0 saturated heterocycles. The van der Waals surface area contributed by atoms with Crippen LogP contribution in [-0.4, -0.2) is 31.7 Å². The van der Waals surface area contributed by atoms with E-state index < -0.39 is 21.7 Å². The Morgan fingerprint density at radius 3 is 2.35 bits per heavy atom. The van der Waals surface area contributed by atoms with Gasteiger partial charge in [-0.05, 0) is 50.2 Å². The van der Waals surface area contributed by atoms with Crippen molar-refractivity contribution < 1.29 is 17.6 Å². The van der Waals surface area contributed by atoms with E-state index in [1.807, 2.05) is 0 Å². The van der Waals surface area contributed by atoms with Crippen LogP contribution in [0.25, 0.3) is 0 Å². The van der Waals surface area contributed by atoms with Crippen LogP contribution in [0.15, 0.2) is 47.4 Å². The van der Waals surface area contributed by atoms with Crippen LogP contribution >= 0.6 is 11.6 Å². The molecule has 2 rings (SSSR count). The molecule has 0 bridgehead atoms. The van der Waals surface area contributed by atoms with Gasteiger partial charge in [0.1, 0.15) is 5.82 Å². The fraction of sp³-hybridized carbons (Fsp3) is 0.278. The topological polar surface area (TPSA) is 66.5 Å². The Balaban J connectivity index is 2.11.